The molecule has 7 nitrogen and oxygen atoms in total. The maximum Gasteiger partial charge on any atom is 0.251 e. The molecule has 1 aromatic carbocycles. The normalized spacial score (nSPS) is 15.7. The fourth-order valence-corrected chi connectivity index (χ4v) is 3.44. The van der Waals surface area contributed by atoms with Gasteiger partial charge in [-0.25, -0.2) is 0 Å². The number of amides is 1. The van der Waals surface area contributed by atoms with E-state index in [1.54, 1.807) is 19.2 Å². The maximum absolute atomic E-state index is 12.4. The lowest BCUT2D eigenvalue weighted by Crippen LogP contribution is -2.35. The van der Waals surface area contributed by atoms with Crippen molar-refractivity contribution in [3.63, 3.8) is 0 Å². The third-order valence-corrected chi connectivity index (χ3v) is 5.36. The van der Waals surface area contributed by atoms with Gasteiger partial charge >= 0.3 is 0 Å². The zero-order valence-corrected chi connectivity index (χ0v) is 16.1. The van der Waals surface area contributed by atoms with Gasteiger partial charge in [-0.2, -0.15) is 0 Å². The van der Waals surface area contributed by atoms with Crippen molar-refractivity contribution >= 4 is 17.4 Å². The number of aryl methyl sites for hydroxylation is 1. The van der Waals surface area contributed by atoms with Gasteiger partial charge < -0.3 is 19.7 Å². The molecule has 1 aliphatic rings. The fourth-order valence-electron chi connectivity index (χ4n) is 2.86. The summed E-state index contributed by atoms with van der Waals surface area (Å²) < 4.78 is 15.4. The molecule has 0 radical (unpaired) electrons. The van der Waals surface area contributed by atoms with Crippen LogP contribution in [0, 0.1) is 6.92 Å². The van der Waals surface area contributed by atoms with E-state index in [2.05, 4.69) is 26.9 Å². The van der Waals surface area contributed by atoms with E-state index in [-0.39, 0.29) is 12.0 Å². The molecule has 0 aliphatic carbocycles. The van der Waals surface area contributed by atoms with Crippen molar-refractivity contribution in [2.75, 3.05) is 27.2 Å². The molecule has 2 aromatic rings. The highest BCUT2D eigenvalue weighted by molar-refractivity contribution is 7.05. The molecule has 1 amide bonds. The molecule has 1 aliphatic heterocycles. The van der Waals surface area contributed by atoms with Gasteiger partial charge in [0.25, 0.3) is 5.91 Å². The molecule has 1 N–H and O–H groups in total. The number of hydrogen-bond acceptors (Lipinski definition) is 7. The lowest BCUT2D eigenvalue weighted by molar-refractivity contribution is 0.0950. The Morgan fingerprint density at radius 3 is 2.77 bits per heavy atom. The summed E-state index contributed by atoms with van der Waals surface area (Å²) in [5.74, 6) is 1.09. The largest absolute Gasteiger partial charge is 0.493 e. The van der Waals surface area contributed by atoms with Gasteiger partial charge in [-0.15, -0.1) is 5.10 Å². The van der Waals surface area contributed by atoms with Crippen LogP contribution in [0.25, 0.3) is 0 Å². The lowest BCUT2D eigenvalue weighted by atomic mass is 10.1. The van der Waals surface area contributed by atoms with Gasteiger partial charge in [-0.05, 0) is 56.5 Å². The van der Waals surface area contributed by atoms with Crippen molar-refractivity contribution in [3.8, 4) is 11.5 Å². The maximum atomic E-state index is 12.4. The van der Waals surface area contributed by atoms with E-state index in [0.29, 0.717) is 23.6 Å². The molecular formula is C18H24N4O3S. The van der Waals surface area contributed by atoms with Crippen molar-refractivity contribution in [3.05, 3.63) is 34.3 Å². The van der Waals surface area contributed by atoms with Crippen LogP contribution in [0.4, 0.5) is 0 Å². The number of carbonyl (C=O) groups is 1. The van der Waals surface area contributed by atoms with Crippen molar-refractivity contribution in [1.82, 2.24) is 19.8 Å². The van der Waals surface area contributed by atoms with Crippen LogP contribution in [0.2, 0.25) is 0 Å². The molecule has 3 rings (SSSR count). The van der Waals surface area contributed by atoms with Crippen molar-refractivity contribution < 1.29 is 14.3 Å². The Bertz CT molecular complexity index is 757. The van der Waals surface area contributed by atoms with Crippen LogP contribution < -0.4 is 14.8 Å². The monoisotopic (exact) mass is 376 g/mol. The van der Waals surface area contributed by atoms with Gasteiger partial charge in [-0.1, -0.05) is 4.49 Å². The lowest BCUT2D eigenvalue weighted by Gasteiger charge is -2.29. The number of rotatable bonds is 6. The second-order valence-electron chi connectivity index (χ2n) is 6.45. The van der Waals surface area contributed by atoms with Crippen LogP contribution in [0.15, 0.2) is 18.2 Å². The summed E-state index contributed by atoms with van der Waals surface area (Å²) in [5.41, 5.74) is 1.38. The van der Waals surface area contributed by atoms with Crippen LogP contribution in [0.5, 0.6) is 11.5 Å². The van der Waals surface area contributed by atoms with Gasteiger partial charge in [0.1, 0.15) is 6.10 Å². The average Bonchev–Trinajstić information content (AvgIpc) is 3.06. The predicted octanol–water partition coefficient (Wildman–Crippen LogP) is 2.26. The highest BCUT2D eigenvalue weighted by Gasteiger charge is 2.20. The molecule has 1 aromatic heterocycles. The number of benzene rings is 1. The highest BCUT2D eigenvalue weighted by atomic mass is 32.1. The molecule has 0 saturated carbocycles. The molecule has 140 valence electrons. The van der Waals surface area contributed by atoms with E-state index < -0.39 is 0 Å². The van der Waals surface area contributed by atoms with E-state index in [9.17, 15) is 4.79 Å². The number of ether oxygens (including phenoxy) is 2. The summed E-state index contributed by atoms with van der Waals surface area (Å²) in [6, 6.07) is 5.29. The summed E-state index contributed by atoms with van der Waals surface area (Å²) in [5, 5.41) is 6.83. The van der Waals surface area contributed by atoms with Gasteiger partial charge in [-0.3, -0.25) is 4.79 Å². The van der Waals surface area contributed by atoms with Crippen molar-refractivity contribution in [2.45, 2.75) is 32.4 Å². The van der Waals surface area contributed by atoms with E-state index in [4.69, 9.17) is 9.47 Å². The standard InChI is InChI=1S/C18H24N4O3S/c1-12-17(26-21-20-12)11-19-18(23)13-4-5-15(16(10-13)24-3)25-14-6-8-22(2)9-7-14/h4-5,10,14H,6-9,11H2,1-3H3,(H,19,23). The first-order chi connectivity index (χ1) is 12.6. The minimum Gasteiger partial charge on any atom is -0.493 e. The number of nitrogens with zero attached hydrogens (tertiary/aromatic N) is 3. The van der Waals surface area contributed by atoms with E-state index in [0.717, 1.165) is 36.5 Å². The summed E-state index contributed by atoms with van der Waals surface area (Å²) >= 11 is 1.29. The average molecular weight is 376 g/mol. The first-order valence-electron chi connectivity index (χ1n) is 8.66. The number of piperidine rings is 1. The number of likely N-dealkylation sites (tertiary alicyclic amines) is 1. The van der Waals surface area contributed by atoms with Crippen LogP contribution in [0.1, 0.15) is 33.8 Å². The summed E-state index contributed by atoms with van der Waals surface area (Å²) in [6.45, 7) is 4.35. The summed E-state index contributed by atoms with van der Waals surface area (Å²) in [6.07, 6.45) is 2.16. The topological polar surface area (TPSA) is 76.6 Å². The smallest absolute Gasteiger partial charge is 0.251 e. The summed E-state index contributed by atoms with van der Waals surface area (Å²) in [4.78, 5) is 15.7. The van der Waals surface area contributed by atoms with Crippen LogP contribution in [0.3, 0.4) is 0 Å². The molecule has 0 spiro atoms. The number of nitrogens with one attached hydrogen (secondary N) is 1. The Kier molecular flexibility index (Phi) is 6.05. The second-order valence-corrected chi connectivity index (χ2v) is 7.29. The molecule has 26 heavy (non-hydrogen) atoms. The molecule has 0 unspecified atom stereocenters. The Morgan fingerprint density at radius 2 is 2.12 bits per heavy atom. The first kappa shape index (κ1) is 18.6. The first-order valence-corrected chi connectivity index (χ1v) is 9.43. The third kappa shape index (κ3) is 4.50. The van der Waals surface area contributed by atoms with Gasteiger partial charge in [0.05, 0.1) is 24.2 Å². The Labute approximate surface area is 157 Å². The zero-order valence-electron chi connectivity index (χ0n) is 15.3. The van der Waals surface area contributed by atoms with Gasteiger partial charge in [0.15, 0.2) is 11.5 Å². The van der Waals surface area contributed by atoms with E-state index >= 15 is 0 Å². The number of carbonyl (C=O) groups excluding carboxylic acids is 1. The van der Waals surface area contributed by atoms with Crippen molar-refractivity contribution in [2.24, 2.45) is 0 Å². The van der Waals surface area contributed by atoms with Gasteiger partial charge in [0.2, 0.25) is 0 Å². The molecule has 0 atom stereocenters. The van der Waals surface area contributed by atoms with E-state index in [1.165, 1.54) is 11.5 Å². The SMILES string of the molecule is COc1cc(C(=O)NCc2snnc2C)ccc1OC1CCN(C)CC1. The molecule has 1 fully saturated rings. The molecule has 1 saturated heterocycles. The number of hydrogen-bond donors (Lipinski definition) is 1. The van der Waals surface area contributed by atoms with Gasteiger partial charge in [0, 0.05) is 18.7 Å². The van der Waals surface area contributed by atoms with Crippen LogP contribution in [-0.4, -0.2) is 53.7 Å². The number of methoxy groups -OCH3 is 1. The third-order valence-electron chi connectivity index (χ3n) is 4.54. The predicted molar refractivity (Wildman–Crippen MR) is 100.0 cm³/mol. The van der Waals surface area contributed by atoms with E-state index in [1.807, 2.05) is 13.0 Å². The highest BCUT2D eigenvalue weighted by Crippen LogP contribution is 2.30. The second kappa shape index (κ2) is 8.46. The van der Waals surface area contributed by atoms with Crippen LogP contribution >= 0.6 is 11.5 Å². The molecule has 8 heteroatoms. The minimum atomic E-state index is -0.165. The summed E-state index contributed by atoms with van der Waals surface area (Å²) in [7, 11) is 3.71. The molecular weight excluding hydrogens is 352 g/mol. The Balaban J connectivity index is 1.63. The van der Waals surface area contributed by atoms with Crippen molar-refractivity contribution in [1.29, 1.82) is 0 Å². The molecule has 0 bridgehead atoms. The minimum absolute atomic E-state index is 0.165. The Hall–Kier alpha value is -2.19. The quantitative estimate of drug-likeness (QED) is 0.833. The van der Waals surface area contributed by atoms with Crippen LogP contribution in [-0.2, 0) is 6.54 Å². The number of aromatic nitrogens is 2. The fraction of sp³-hybridized carbons (Fsp3) is 0.500. The molecule has 2 heterocycles. The zero-order chi connectivity index (χ0) is 18.5. The Morgan fingerprint density at radius 1 is 1.35 bits per heavy atom.